The van der Waals surface area contributed by atoms with Crippen molar-refractivity contribution < 1.29 is 17.9 Å². The molecule has 8 heteroatoms. The van der Waals surface area contributed by atoms with Gasteiger partial charge in [-0.2, -0.15) is 0 Å². The summed E-state index contributed by atoms with van der Waals surface area (Å²) < 4.78 is 28.1. The lowest BCUT2D eigenvalue weighted by Crippen LogP contribution is -2.49. The minimum atomic E-state index is -3.78. The van der Waals surface area contributed by atoms with Crippen molar-refractivity contribution in [2.24, 2.45) is 5.14 Å². The number of amides is 1. The maximum Gasteiger partial charge on any atom is 0.252 e. The van der Waals surface area contributed by atoms with Gasteiger partial charge in [0.15, 0.2) is 0 Å². The first-order chi connectivity index (χ1) is 9.23. The van der Waals surface area contributed by atoms with E-state index in [-0.39, 0.29) is 15.7 Å². The number of thiophene rings is 1. The molecule has 1 aliphatic rings. The number of hydrogen-bond acceptors (Lipinski definition) is 5. The van der Waals surface area contributed by atoms with Crippen LogP contribution in [0.2, 0.25) is 0 Å². The largest absolute Gasteiger partial charge is 0.381 e. The summed E-state index contributed by atoms with van der Waals surface area (Å²) in [6, 6.07) is 0. The number of ether oxygens (including phenoxy) is 1. The molecule has 0 aliphatic carbocycles. The Morgan fingerprint density at radius 3 is 2.55 bits per heavy atom. The molecule has 6 nitrogen and oxygen atoms in total. The molecule has 0 saturated carbocycles. The highest BCUT2D eigenvalue weighted by Gasteiger charge is 2.30. The van der Waals surface area contributed by atoms with Gasteiger partial charge >= 0.3 is 0 Å². The van der Waals surface area contributed by atoms with Crippen LogP contribution in [-0.4, -0.2) is 33.1 Å². The first-order valence-corrected chi connectivity index (χ1v) is 8.67. The molecule has 0 radical (unpaired) electrons. The zero-order valence-corrected chi connectivity index (χ0v) is 13.1. The van der Waals surface area contributed by atoms with Crippen molar-refractivity contribution >= 4 is 27.3 Å². The number of hydrogen-bond donors (Lipinski definition) is 2. The summed E-state index contributed by atoms with van der Waals surface area (Å²) in [4.78, 5) is 12.3. The molecule has 112 valence electrons. The van der Waals surface area contributed by atoms with E-state index in [4.69, 9.17) is 9.88 Å². The molecule has 1 saturated heterocycles. The van der Waals surface area contributed by atoms with Crippen molar-refractivity contribution in [2.45, 2.75) is 36.4 Å². The van der Waals surface area contributed by atoms with E-state index in [0.717, 1.165) is 24.2 Å². The first kappa shape index (κ1) is 15.4. The van der Waals surface area contributed by atoms with E-state index in [1.54, 1.807) is 6.92 Å². The quantitative estimate of drug-likeness (QED) is 0.868. The maximum absolute atomic E-state index is 12.3. The molecule has 0 bridgehead atoms. The van der Waals surface area contributed by atoms with Gasteiger partial charge in [0.2, 0.25) is 10.0 Å². The van der Waals surface area contributed by atoms with E-state index in [0.29, 0.717) is 24.3 Å². The molecule has 0 aromatic carbocycles. The van der Waals surface area contributed by atoms with Gasteiger partial charge in [-0.05, 0) is 32.3 Å². The molecule has 1 fully saturated rings. The Hall–Kier alpha value is -0.960. The zero-order chi connectivity index (χ0) is 15.0. The maximum atomic E-state index is 12.3. The third-order valence-electron chi connectivity index (χ3n) is 3.51. The highest BCUT2D eigenvalue weighted by molar-refractivity contribution is 7.91. The molecule has 0 atom stereocenters. The lowest BCUT2D eigenvalue weighted by atomic mass is 9.92. The summed E-state index contributed by atoms with van der Waals surface area (Å²) in [6.07, 6.45) is 1.48. The molecule has 1 aromatic rings. The third kappa shape index (κ3) is 3.20. The molecular formula is C12H18N2O4S2. The smallest absolute Gasteiger partial charge is 0.252 e. The minimum Gasteiger partial charge on any atom is -0.381 e. The van der Waals surface area contributed by atoms with Gasteiger partial charge in [0, 0.05) is 24.1 Å². The van der Waals surface area contributed by atoms with Gasteiger partial charge in [0.1, 0.15) is 4.21 Å². The fraction of sp³-hybridized carbons (Fsp3) is 0.583. The fourth-order valence-corrected chi connectivity index (χ4v) is 4.20. The van der Waals surface area contributed by atoms with Crippen LogP contribution in [-0.2, 0) is 14.8 Å². The molecule has 0 unspecified atom stereocenters. The van der Waals surface area contributed by atoms with Crippen LogP contribution < -0.4 is 10.5 Å². The summed E-state index contributed by atoms with van der Waals surface area (Å²) in [5.41, 5.74) is 0.461. The van der Waals surface area contributed by atoms with E-state index in [1.165, 1.54) is 5.38 Å². The topological polar surface area (TPSA) is 98.5 Å². The van der Waals surface area contributed by atoms with Gasteiger partial charge in [-0.25, -0.2) is 13.6 Å². The standard InChI is InChI=1S/C12H18N2O4S2/c1-8-9(7-19-11(8)20(13,16)17)10(15)14-12(2)3-5-18-6-4-12/h7H,3-6H2,1-2H3,(H,14,15)(H2,13,16,17). The first-order valence-electron chi connectivity index (χ1n) is 6.24. The number of sulfonamides is 1. The third-order valence-corrected chi connectivity index (χ3v) is 6.19. The van der Waals surface area contributed by atoms with E-state index in [9.17, 15) is 13.2 Å². The Bertz CT molecular complexity index is 615. The fourth-order valence-electron chi connectivity index (χ4n) is 2.19. The van der Waals surface area contributed by atoms with Crippen molar-refractivity contribution in [1.29, 1.82) is 0 Å². The Morgan fingerprint density at radius 2 is 2.05 bits per heavy atom. The van der Waals surface area contributed by atoms with Crippen LogP contribution in [0.5, 0.6) is 0 Å². The average molecular weight is 318 g/mol. The summed E-state index contributed by atoms with van der Waals surface area (Å²) in [5, 5.41) is 9.62. The average Bonchev–Trinajstić information content (AvgIpc) is 2.71. The van der Waals surface area contributed by atoms with E-state index >= 15 is 0 Å². The summed E-state index contributed by atoms with van der Waals surface area (Å²) in [5.74, 6) is -0.266. The van der Waals surface area contributed by atoms with Crippen molar-refractivity contribution in [3.63, 3.8) is 0 Å². The molecule has 0 spiro atoms. The van der Waals surface area contributed by atoms with Gasteiger partial charge in [0.05, 0.1) is 5.56 Å². The number of nitrogens with two attached hydrogens (primary N) is 1. The van der Waals surface area contributed by atoms with Crippen LogP contribution in [0.4, 0.5) is 0 Å². The second kappa shape index (κ2) is 5.44. The highest BCUT2D eigenvalue weighted by Crippen LogP contribution is 2.27. The molecule has 2 rings (SSSR count). The van der Waals surface area contributed by atoms with Crippen LogP contribution in [0.25, 0.3) is 0 Å². The molecule has 1 aromatic heterocycles. The Balaban J connectivity index is 2.20. The predicted octanol–water partition coefficient (Wildman–Crippen LogP) is 1.00. The number of carbonyl (C=O) groups excluding carboxylic acids is 1. The Kier molecular flexibility index (Phi) is 4.19. The minimum absolute atomic E-state index is 0.0415. The normalized spacial score (nSPS) is 18.8. The van der Waals surface area contributed by atoms with E-state index < -0.39 is 10.0 Å². The van der Waals surface area contributed by atoms with E-state index in [2.05, 4.69) is 5.32 Å². The van der Waals surface area contributed by atoms with Crippen molar-refractivity contribution in [3.05, 3.63) is 16.5 Å². The Labute approximate surface area is 122 Å². The van der Waals surface area contributed by atoms with Gasteiger partial charge in [-0.15, -0.1) is 11.3 Å². The Morgan fingerprint density at radius 1 is 1.45 bits per heavy atom. The lowest BCUT2D eigenvalue weighted by molar-refractivity contribution is 0.0423. The van der Waals surface area contributed by atoms with E-state index in [1.807, 2.05) is 6.92 Å². The van der Waals surface area contributed by atoms with Crippen LogP contribution in [0, 0.1) is 6.92 Å². The van der Waals surface area contributed by atoms with Crippen molar-refractivity contribution in [1.82, 2.24) is 5.32 Å². The summed E-state index contributed by atoms with van der Waals surface area (Å²) >= 11 is 0.974. The molecule has 1 aliphatic heterocycles. The SMILES string of the molecule is Cc1c(C(=O)NC2(C)CCOCC2)csc1S(N)(=O)=O. The zero-order valence-electron chi connectivity index (χ0n) is 11.4. The van der Waals surface area contributed by atoms with Crippen LogP contribution in [0.15, 0.2) is 9.59 Å². The van der Waals surface area contributed by atoms with Gasteiger partial charge < -0.3 is 10.1 Å². The van der Waals surface area contributed by atoms with Crippen molar-refractivity contribution in [3.8, 4) is 0 Å². The van der Waals surface area contributed by atoms with Crippen LogP contribution in [0.3, 0.4) is 0 Å². The molecule has 3 N–H and O–H groups in total. The van der Waals surface area contributed by atoms with Gasteiger partial charge in [-0.1, -0.05) is 0 Å². The van der Waals surface area contributed by atoms with Crippen LogP contribution >= 0.6 is 11.3 Å². The number of primary sulfonamides is 1. The molecular weight excluding hydrogens is 300 g/mol. The molecule has 1 amide bonds. The van der Waals surface area contributed by atoms with Gasteiger partial charge in [-0.3, -0.25) is 4.79 Å². The van der Waals surface area contributed by atoms with Gasteiger partial charge in [0.25, 0.3) is 5.91 Å². The lowest BCUT2D eigenvalue weighted by Gasteiger charge is -2.34. The second-order valence-corrected chi connectivity index (χ2v) is 7.87. The highest BCUT2D eigenvalue weighted by atomic mass is 32.2. The summed E-state index contributed by atoms with van der Waals surface area (Å²) in [7, 11) is -3.78. The molecule has 2 heterocycles. The second-order valence-electron chi connectivity index (χ2n) is 5.23. The monoisotopic (exact) mass is 318 g/mol. The number of nitrogens with one attached hydrogen (secondary N) is 1. The van der Waals surface area contributed by atoms with Crippen LogP contribution in [0.1, 0.15) is 35.7 Å². The molecule has 20 heavy (non-hydrogen) atoms. The number of carbonyl (C=O) groups is 1. The number of rotatable bonds is 3. The van der Waals surface area contributed by atoms with Crippen molar-refractivity contribution in [2.75, 3.05) is 13.2 Å². The predicted molar refractivity (Wildman–Crippen MR) is 76.4 cm³/mol. The summed E-state index contributed by atoms with van der Waals surface area (Å²) in [6.45, 7) is 4.79.